The van der Waals surface area contributed by atoms with Gasteiger partial charge in [0.1, 0.15) is 11.5 Å². The van der Waals surface area contributed by atoms with E-state index in [4.69, 9.17) is 4.74 Å². The summed E-state index contributed by atoms with van der Waals surface area (Å²) in [5.74, 6) is 0.338. The summed E-state index contributed by atoms with van der Waals surface area (Å²) in [7, 11) is 1.60. The lowest BCUT2D eigenvalue weighted by Gasteiger charge is -2.14. The van der Waals surface area contributed by atoms with Gasteiger partial charge in [0.2, 0.25) is 5.95 Å². The van der Waals surface area contributed by atoms with Crippen LogP contribution < -0.4 is 15.4 Å². The Bertz CT molecular complexity index is 1150. The van der Waals surface area contributed by atoms with E-state index in [0.29, 0.717) is 12.4 Å². The third-order valence-electron chi connectivity index (χ3n) is 4.96. The summed E-state index contributed by atoms with van der Waals surface area (Å²) in [6.45, 7) is 7.51. The van der Waals surface area contributed by atoms with Crippen molar-refractivity contribution in [3.05, 3.63) is 59.4 Å². The van der Waals surface area contributed by atoms with Crippen LogP contribution in [0.3, 0.4) is 0 Å². The molecule has 0 saturated carbocycles. The second kappa shape index (κ2) is 9.72. The molecule has 2 heterocycles. The number of methoxy groups -OCH3 is 1. The molecular formula is C22H23F3N6O2. The van der Waals surface area contributed by atoms with Crippen molar-refractivity contribution >= 4 is 17.5 Å². The van der Waals surface area contributed by atoms with Gasteiger partial charge in [0.25, 0.3) is 0 Å². The van der Waals surface area contributed by atoms with Crippen molar-refractivity contribution in [2.75, 3.05) is 30.8 Å². The maximum absolute atomic E-state index is 13.2. The van der Waals surface area contributed by atoms with Crippen molar-refractivity contribution in [1.29, 1.82) is 0 Å². The van der Waals surface area contributed by atoms with Gasteiger partial charge in [-0.2, -0.15) is 13.2 Å². The van der Waals surface area contributed by atoms with Gasteiger partial charge in [0.05, 0.1) is 18.4 Å². The first-order chi connectivity index (χ1) is 15.6. The van der Waals surface area contributed by atoms with Crippen LogP contribution in [0.15, 0.2) is 37.0 Å². The highest BCUT2D eigenvalue weighted by Gasteiger charge is 2.37. The Morgan fingerprint density at radius 2 is 1.73 bits per heavy atom. The number of aromatic nitrogens is 4. The van der Waals surface area contributed by atoms with Crippen molar-refractivity contribution in [2.24, 2.45) is 0 Å². The first-order valence-corrected chi connectivity index (χ1v) is 9.90. The van der Waals surface area contributed by atoms with Gasteiger partial charge in [-0.1, -0.05) is 6.58 Å². The topological polar surface area (TPSA) is 105 Å². The number of benzene rings is 1. The van der Waals surface area contributed by atoms with Crippen molar-refractivity contribution in [2.45, 2.75) is 20.0 Å². The minimum atomic E-state index is -4.76. The molecule has 1 aromatic carbocycles. The number of ether oxygens (including phenoxy) is 1. The molecule has 0 saturated heterocycles. The zero-order valence-electron chi connectivity index (χ0n) is 18.3. The largest absolute Gasteiger partial charge is 0.508 e. The SMILES string of the molecule is C=C(O)c1cnc(NCCNc2nnc(-c3ccc(OC)cc3)c(C)c2C)nc1C(F)(F)F. The Balaban J connectivity index is 1.65. The van der Waals surface area contributed by atoms with E-state index in [1.165, 1.54) is 0 Å². The number of aliphatic hydroxyl groups is 1. The molecule has 3 aromatic rings. The van der Waals surface area contributed by atoms with Crippen molar-refractivity contribution in [1.82, 2.24) is 20.2 Å². The summed E-state index contributed by atoms with van der Waals surface area (Å²) in [5.41, 5.74) is 1.68. The molecule has 0 atom stereocenters. The second-order valence-corrected chi connectivity index (χ2v) is 7.13. The molecule has 3 N–H and O–H groups in total. The number of nitrogens with one attached hydrogen (secondary N) is 2. The zero-order valence-corrected chi connectivity index (χ0v) is 18.3. The van der Waals surface area contributed by atoms with Crippen LogP contribution in [0.4, 0.5) is 24.9 Å². The van der Waals surface area contributed by atoms with Crippen molar-refractivity contribution in [3.8, 4) is 17.0 Å². The molecule has 0 bridgehead atoms. The summed E-state index contributed by atoms with van der Waals surface area (Å²) in [5, 5.41) is 23.7. The van der Waals surface area contributed by atoms with Crippen molar-refractivity contribution < 1.29 is 23.0 Å². The lowest BCUT2D eigenvalue weighted by atomic mass is 10.0. The fourth-order valence-electron chi connectivity index (χ4n) is 3.05. The Labute approximate surface area is 188 Å². The average Bonchev–Trinajstić information content (AvgIpc) is 2.78. The number of hydrogen-bond acceptors (Lipinski definition) is 8. The van der Waals surface area contributed by atoms with Crippen LogP contribution in [-0.4, -0.2) is 45.5 Å². The fraction of sp³-hybridized carbons (Fsp3) is 0.273. The van der Waals surface area contributed by atoms with Gasteiger partial charge in [-0.05, 0) is 49.2 Å². The highest BCUT2D eigenvalue weighted by atomic mass is 19.4. The van der Waals surface area contributed by atoms with E-state index < -0.39 is 23.2 Å². The highest BCUT2D eigenvalue weighted by molar-refractivity contribution is 5.67. The molecule has 174 valence electrons. The number of alkyl halides is 3. The van der Waals surface area contributed by atoms with Gasteiger partial charge in [-0.15, -0.1) is 10.2 Å². The minimum Gasteiger partial charge on any atom is -0.508 e. The van der Waals surface area contributed by atoms with E-state index in [2.05, 4.69) is 37.4 Å². The number of hydrogen-bond donors (Lipinski definition) is 3. The first-order valence-electron chi connectivity index (χ1n) is 9.90. The molecule has 2 aromatic heterocycles. The summed E-state index contributed by atoms with van der Waals surface area (Å²) in [6, 6.07) is 7.50. The van der Waals surface area contributed by atoms with Gasteiger partial charge in [-0.25, -0.2) is 9.97 Å². The van der Waals surface area contributed by atoms with Crippen LogP contribution in [-0.2, 0) is 6.18 Å². The van der Waals surface area contributed by atoms with E-state index in [1.54, 1.807) is 7.11 Å². The number of anilines is 2. The van der Waals surface area contributed by atoms with Gasteiger partial charge in [0.15, 0.2) is 11.5 Å². The Hall–Kier alpha value is -3.89. The van der Waals surface area contributed by atoms with E-state index >= 15 is 0 Å². The molecule has 8 nitrogen and oxygen atoms in total. The van der Waals surface area contributed by atoms with Gasteiger partial charge in [0, 0.05) is 24.8 Å². The predicted octanol–water partition coefficient (Wildman–Crippen LogP) is 4.63. The number of aliphatic hydroxyl groups excluding tert-OH is 1. The molecule has 3 rings (SSSR count). The molecule has 0 aliphatic carbocycles. The van der Waals surface area contributed by atoms with Crippen LogP contribution in [0, 0.1) is 13.8 Å². The summed E-state index contributed by atoms with van der Waals surface area (Å²) in [6.07, 6.45) is -3.88. The number of halogens is 3. The van der Waals surface area contributed by atoms with Crippen LogP contribution in [0.5, 0.6) is 5.75 Å². The molecular weight excluding hydrogens is 437 g/mol. The number of nitrogens with zero attached hydrogens (tertiary/aromatic N) is 4. The third kappa shape index (κ3) is 5.48. The number of rotatable bonds is 8. The van der Waals surface area contributed by atoms with Crippen LogP contribution >= 0.6 is 0 Å². The highest BCUT2D eigenvalue weighted by Crippen LogP contribution is 2.33. The van der Waals surface area contributed by atoms with E-state index in [0.717, 1.165) is 34.3 Å². The summed E-state index contributed by atoms with van der Waals surface area (Å²) in [4.78, 5) is 7.27. The second-order valence-electron chi connectivity index (χ2n) is 7.13. The molecule has 33 heavy (non-hydrogen) atoms. The molecule has 0 aliphatic heterocycles. The standard InChI is InChI=1S/C22H23F3N6O2/c1-12-13(2)20(31-30-18(12)15-5-7-16(33-4)8-6-15)26-9-10-27-21-28-11-17(14(3)32)19(29-21)22(23,24)25/h5-8,11,32H,3,9-10H2,1-2,4H3,(H,26,31)(H,27,28,29). The van der Waals surface area contributed by atoms with Gasteiger partial charge < -0.3 is 20.5 Å². The lowest BCUT2D eigenvalue weighted by molar-refractivity contribution is -0.141. The molecule has 11 heteroatoms. The summed E-state index contributed by atoms with van der Waals surface area (Å²) < 4.78 is 44.7. The molecule has 0 amide bonds. The van der Waals surface area contributed by atoms with Crippen LogP contribution in [0.1, 0.15) is 22.4 Å². The molecule has 0 unspecified atom stereocenters. The Kier molecular flexibility index (Phi) is 7.00. The quantitative estimate of drug-likeness (QED) is 0.330. The maximum Gasteiger partial charge on any atom is 0.434 e. The minimum absolute atomic E-state index is 0.219. The normalized spacial score (nSPS) is 11.2. The maximum atomic E-state index is 13.2. The molecule has 0 fully saturated rings. The van der Waals surface area contributed by atoms with Crippen LogP contribution in [0.2, 0.25) is 0 Å². The average molecular weight is 460 g/mol. The van der Waals surface area contributed by atoms with E-state index in [1.807, 2.05) is 38.1 Å². The smallest absolute Gasteiger partial charge is 0.434 e. The van der Waals surface area contributed by atoms with Crippen LogP contribution in [0.25, 0.3) is 17.0 Å². The Morgan fingerprint density at radius 1 is 1.06 bits per heavy atom. The monoisotopic (exact) mass is 460 g/mol. The fourth-order valence-corrected chi connectivity index (χ4v) is 3.05. The third-order valence-corrected chi connectivity index (χ3v) is 4.96. The Morgan fingerprint density at radius 3 is 2.33 bits per heavy atom. The van der Waals surface area contributed by atoms with Gasteiger partial charge >= 0.3 is 6.18 Å². The molecule has 0 aliphatic rings. The summed E-state index contributed by atoms with van der Waals surface area (Å²) >= 11 is 0. The van der Waals surface area contributed by atoms with Gasteiger partial charge in [-0.3, -0.25) is 0 Å². The van der Waals surface area contributed by atoms with Crippen molar-refractivity contribution in [3.63, 3.8) is 0 Å². The molecule has 0 radical (unpaired) electrons. The zero-order chi connectivity index (χ0) is 24.2. The lowest BCUT2D eigenvalue weighted by Crippen LogP contribution is -2.19. The predicted molar refractivity (Wildman–Crippen MR) is 119 cm³/mol. The first kappa shape index (κ1) is 23.8. The van der Waals surface area contributed by atoms with E-state index in [-0.39, 0.29) is 12.5 Å². The molecule has 0 spiro atoms. The van der Waals surface area contributed by atoms with E-state index in [9.17, 15) is 18.3 Å².